The molecule has 0 aliphatic carbocycles. The molecule has 0 aromatic heterocycles. The van der Waals surface area contributed by atoms with Gasteiger partial charge < -0.3 is 5.73 Å². The minimum absolute atomic E-state index is 0.377. The largest absolute Gasteiger partial charge is 0.386 e. The lowest BCUT2D eigenvalue weighted by Crippen LogP contribution is -2.22. The van der Waals surface area contributed by atoms with Crippen molar-refractivity contribution in [2.75, 3.05) is 5.01 Å². The van der Waals surface area contributed by atoms with E-state index in [-0.39, 0.29) is 0 Å². The van der Waals surface area contributed by atoms with Gasteiger partial charge in [0.25, 0.3) is 0 Å². The molecule has 0 spiro atoms. The second-order valence-corrected chi connectivity index (χ2v) is 3.32. The molecule has 1 atom stereocenters. The molecule has 0 amide bonds. The maximum absolute atomic E-state index is 5.66. The lowest BCUT2D eigenvalue weighted by Gasteiger charge is -2.19. The summed E-state index contributed by atoms with van der Waals surface area (Å²) in [6.07, 6.45) is 0.856. The molecule has 1 unspecified atom stereocenters. The molecule has 2 rings (SSSR count). The molecule has 1 heterocycles. The summed E-state index contributed by atoms with van der Waals surface area (Å²) >= 11 is 0. The van der Waals surface area contributed by atoms with Crippen molar-refractivity contribution in [3.63, 3.8) is 0 Å². The van der Waals surface area contributed by atoms with Gasteiger partial charge in [-0.25, -0.2) is 0 Å². The van der Waals surface area contributed by atoms with E-state index >= 15 is 0 Å². The van der Waals surface area contributed by atoms with E-state index in [1.165, 1.54) is 0 Å². The summed E-state index contributed by atoms with van der Waals surface area (Å²) in [5, 5.41) is 6.24. The topological polar surface area (TPSA) is 41.6 Å². The van der Waals surface area contributed by atoms with Gasteiger partial charge in [0.15, 0.2) is 0 Å². The predicted molar refractivity (Wildman–Crippen MR) is 54.6 cm³/mol. The lowest BCUT2D eigenvalue weighted by molar-refractivity contribution is 0.723. The van der Waals surface area contributed by atoms with Crippen molar-refractivity contribution in [2.45, 2.75) is 19.4 Å². The zero-order chi connectivity index (χ0) is 9.26. The van der Waals surface area contributed by atoms with E-state index in [9.17, 15) is 0 Å². The van der Waals surface area contributed by atoms with Crippen LogP contribution >= 0.6 is 0 Å². The average Bonchev–Trinajstić information content (AvgIpc) is 2.47. The lowest BCUT2D eigenvalue weighted by atomic mass is 10.2. The molecule has 3 nitrogen and oxygen atoms in total. The highest BCUT2D eigenvalue weighted by molar-refractivity contribution is 5.84. The van der Waals surface area contributed by atoms with Gasteiger partial charge in [0, 0.05) is 6.42 Å². The van der Waals surface area contributed by atoms with Crippen molar-refractivity contribution in [1.29, 1.82) is 0 Å². The number of hydrogen-bond donors (Lipinski definition) is 1. The van der Waals surface area contributed by atoms with Gasteiger partial charge in [-0.05, 0) is 19.1 Å². The maximum atomic E-state index is 5.66. The first-order valence-electron chi connectivity index (χ1n) is 4.44. The van der Waals surface area contributed by atoms with Gasteiger partial charge in [-0.1, -0.05) is 18.2 Å². The molecule has 1 aliphatic heterocycles. The maximum Gasteiger partial charge on any atom is 0.122 e. The smallest absolute Gasteiger partial charge is 0.122 e. The van der Waals surface area contributed by atoms with Crippen LogP contribution < -0.4 is 10.7 Å². The first-order valence-corrected chi connectivity index (χ1v) is 4.44. The van der Waals surface area contributed by atoms with Crippen LogP contribution in [0.2, 0.25) is 0 Å². The first kappa shape index (κ1) is 8.10. The summed E-state index contributed by atoms with van der Waals surface area (Å²) in [6, 6.07) is 10.5. The standard InChI is InChI=1S/C10H13N3/c1-8-7-10(11)12-13(8)9-5-3-2-4-6-9/h2-6,8H,7H2,1H3,(H2,11,12). The summed E-state index contributed by atoms with van der Waals surface area (Å²) in [6.45, 7) is 2.12. The van der Waals surface area contributed by atoms with E-state index in [0.717, 1.165) is 17.9 Å². The van der Waals surface area contributed by atoms with Crippen LogP contribution in [0.3, 0.4) is 0 Å². The van der Waals surface area contributed by atoms with Gasteiger partial charge in [0.2, 0.25) is 0 Å². The number of hydrogen-bond acceptors (Lipinski definition) is 3. The molecule has 0 radical (unpaired) electrons. The highest BCUT2D eigenvalue weighted by Crippen LogP contribution is 2.22. The third-order valence-corrected chi connectivity index (χ3v) is 2.18. The van der Waals surface area contributed by atoms with E-state index in [1.807, 2.05) is 35.3 Å². The van der Waals surface area contributed by atoms with E-state index in [4.69, 9.17) is 5.73 Å². The molecular weight excluding hydrogens is 162 g/mol. The molecule has 3 heteroatoms. The number of rotatable bonds is 1. The van der Waals surface area contributed by atoms with E-state index in [1.54, 1.807) is 0 Å². The van der Waals surface area contributed by atoms with Gasteiger partial charge in [0.05, 0.1) is 11.7 Å². The molecule has 68 valence electrons. The Morgan fingerprint density at radius 1 is 1.38 bits per heavy atom. The molecule has 2 N–H and O–H groups in total. The Morgan fingerprint density at radius 2 is 2.08 bits per heavy atom. The van der Waals surface area contributed by atoms with Gasteiger partial charge in [-0.15, -0.1) is 0 Å². The highest BCUT2D eigenvalue weighted by atomic mass is 15.5. The summed E-state index contributed by atoms with van der Waals surface area (Å²) < 4.78 is 0. The van der Waals surface area contributed by atoms with Crippen LogP contribution in [0.1, 0.15) is 13.3 Å². The average molecular weight is 175 g/mol. The first-order chi connectivity index (χ1) is 6.27. The summed E-state index contributed by atoms with van der Waals surface area (Å²) in [5.74, 6) is 0.719. The second kappa shape index (κ2) is 3.09. The number of benzene rings is 1. The van der Waals surface area contributed by atoms with Crippen molar-refractivity contribution in [1.82, 2.24) is 0 Å². The Bertz CT molecular complexity index is 318. The second-order valence-electron chi connectivity index (χ2n) is 3.32. The van der Waals surface area contributed by atoms with Crippen molar-refractivity contribution in [2.24, 2.45) is 10.8 Å². The third kappa shape index (κ3) is 1.49. The molecule has 0 saturated carbocycles. The van der Waals surface area contributed by atoms with Crippen LogP contribution in [-0.2, 0) is 0 Å². The minimum atomic E-state index is 0.377. The molecule has 1 aromatic rings. The fourth-order valence-electron chi connectivity index (χ4n) is 1.56. The summed E-state index contributed by atoms with van der Waals surface area (Å²) in [5.41, 5.74) is 6.77. The molecule has 1 aliphatic rings. The molecular formula is C10H13N3. The Morgan fingerprint density at radius 3 is 2.62 bits per heavy atom. The predicted octanol–water partition coefficient (Wildman–Crippen LogP) is 1.56. The number of para-hydroxylation sites is 1. The Kier molecular flexibility index (Phi) is 1.93. The van der Waals surface area contributed by atoms with Crippen molar-refractivity contribution < 1.29 is 0 Å². The van der Waals surface area contributed by atoms with E-state index in [0.29, 0.717) is 6.04 Å². The van der Waals surface area contributed by atoms with Gasteiger partial charge in [-0.2, -0.15) is 5.10 Å². The fourth-order valence-corrected chi connectivity index (χ4v) is 1.56. The number of hydrazone groups is 1. The molecule has 13 heavy (non-hydrogen) atoms. The zero-order valence-electron chi connectivity index (χ0n) is 7.64. The number of amidine groups is 1. The third-order valence-electron chi connectivity index (χ3n) is 2.18. The SMILES string of the molecule is CC1CC(N)=NN1c1ccccc1. The van der Waals surface area contributed by atoms with Crippen LogP contribution in [0, 0.1) is 0 Å². The Labute approximate surface area is 77.9 Å². The monoisotopic (exact) mass is 175 g/mol. The van der Waals surface area contributed by atoms with Crippen molar-refractivity contribution in [3.05, 3.63) is 30.3 Å². The molecule has 0 bridgehead atoms. The van der Waals surface area contributed by atoms with Crippen LogP contribution in [0.25, 0.3) is 0 Å². The van der Waals surface area contributed by atoms with Gasteiger partial charge in [0.1, 0.15) is 5.84 Å². The molecule has 0 saturated heterocycles. The Balaban J connectivity index is 2.27. The van der Waals surface area contributed by atoms with Crippen LogP contribution in [0.4, 0.5) is 5.69 Å². The number of nitrogens with two attached hydrogens (primary N) is 1. The Hall–Kier alpha value is -1.51. The summed E-state index contributed by atoms with van der Waals surface area (Å²) in [7, 11) is 0. The quantitative estimate of drug-likeness (QED) is 0.703. The van der Waals surface area contributed by atoms with Crippen molar-refractivity contribution >= 4 is 11.5 Å². The van der Waals surface area contributed by atoms with Crippen LogP contribution in [-0.4, -0.2) is 11.9 Å². The van der Waals surface area contributed by atoms with Gasteiger partial charge >= 0.3 is 0 Å². The fraction of sp³-hybridized carbons (Fsp3) is 0.300. The highest BCUT2D eigenvalue weighted by Gasteiger charge is 2.21. The minimum Gasteiger partial charge on any atom is -0.386 e. The zero-order valence-corrected chi connectivity index (χ0v) is 7.64. The van der Waals surface area contributed by atoms with Gasteiger partial charge in [-0.3, -0.25) is 5.01 Å². The van der Waals surface area contributed by atoms with Crippen molar-refractivity contribution in [3.8, 4) is 0 Å². The van der Waals surface area contributed by atoms with Crippen LogP contribution in [0.5, 0.6) is 0 Å². The van der Waals surface area contributed by atoms with E-state index < -0.39 is 0 Å². The number of anilines is 1. The number of nitrogens with zero attached hydrogens (tertiary/aromatic N) is 2. The molecule has 0 fully saturated rings. The summed E-state index contributed by atoms with van der Waals surface area (Å²) in [4.78, 5) is 0. The van der Waals surface area contributed by atoms with Crippen LogP contribution in [0.15, 0.2) is 35.4 Å². The van der Waals surface area contributed by atoms with E-state index in [2.05, 4.69) is 12.0 Å². The molecule has 1 aromatic carbocycles. The normalized spacial score (nSPS) is 21.8.